The highest BCUT2D eigenvalue weighted by Gasteiger charge is 2.04. The van der Waals surface area contributed by atoms with Crippen molar-refractivity contribution >= 4 is 24.8 Å². The van der Waals surface area contributed by atoms with Crippen molar-refractivity contribution in [3.8, 4) is 0 Å². The van der Waals surface area contributed by atoms with E-state index < -0.39 is 0 Å². The Morgan fingerprint density at radius 2 is 2.29 bits per heavy atom. The molecule has 1 heterocycles. The summed E-state index contributed by atoms with van der Waals surface area (Å²) >= 11 is 0. The maximum absolute atomic E-state index is 11.2. The highest BCUT2D eigenvalue weighted by molar-refractivity contribution is 5.92. The number of hydrogen-bond acceptors (Lipinski definition) is 2. The number of Topliss-reactive ketones (excluding diaryl/α,β-unsaturated/α-hetero) is 1. The van der Waals surface area contributed by atoms with Crippen molar-refractivity contribution in [1.82, 2.24) is 4.57 Å². The monoisotopic (exact) mass is 190 g/mol. The number of aromatic nitrogens is 1. The van der Waals surface area contributed by atoms with Crippen LogP contribution >= 0.6 is 0 Å². The van der Waals surface area contributed by atoms with Gasteiger partial charge in [-0.05, 0) is 18.2 Å². The van der Waals surface area contributed by atoms with Gasteiger partial charge in [0.2, 0.25) is 0 Å². The molecule has 0 saturated carbocycles. The predicted octanol–water partition coefficient (Wildman–Crippen LogP) is 0.467. The Kier molecular flexibility index (Phi) is 3.02. The van der Waals surface area contributed by atoms with E-state index in [0.717, 1.165) is 10.6 Å². The minimum Gasteiger partial charge on any atom is -0.340 e. The summed E-state index contributed by atoms with van der Waals surface area (Å²) in [4.78, 5) is 15.2. The Labute approximate surface area is 83.1 Å². The average molecular weight is 190 g/mol. The van der Waals surface area contributed by atoms with Crippen molar-refractivity contribution in [3.63, 3.8) is 0 Å². The van der Waals surface area contributed by atoms with Crippen molar-refractivity contribution in [3.05, 3.63) is 22.3 Å². The number of ketones is 1. The summed E-state index contributed by atoms with van der Waals surface area (Å²) in [7, 11) is 1.84. The average Bonchev–Trinajstić information content (AvgIpc) is 2.40. The van der Waals surface area contributed by atoms with Gasteiger partial charge in [0.1, 0.15) is 0 Å². The van der Waals surface area contributed by atoms with E-state index in [2.05, 4.69) is 11.6 Å². The van der Waals surface area contributed by atoms with Gasteiger partial charge in [0.25, 0.3) is 0 Å². The van der Waals surface area contributed by atoms with Crippen LogP contribution < -0.4 is 10.6 Å². The molecule has 0 spiro atoms. The molecule has 0 aromatic carbocycles. The van der Waals surface area contributed by atoms with E-state index in [9.17, 15) is 4.79 Å². The third kappa shape index (κ3) is 1.82. The normalized spacial score (nSPS) is 12.6. The lowest BCUT2D eigenvalue weighted by Gasteiger charge is -1.96. The van der Waals surface area contributed by atoms with Crippen LogP contribution in [0.25, 0.3) is 12.8 Å². The van der Waals surface area contributed by atoms with Gasteiger partial charge in [-0.15, -0.1) is 0 Å². The third-order valence-electron chi connectivity index (χ3n) is 2.07. The summed E-state index contributed by atoms with van der Waals surface area (Å²) in [5.74, 6) is 0.0394. The summed E-state index contributed by atoms with van der Waals surface area (Å²) < 4.78 is 1.80. The smallest absolute Gasteiger partial charge is 0.176 e. The highest BCUT2D eigenvalue weighted by Crippen LogP contribution is 1.91. The van der Waals surface area contributed by atoms with Crippen LogP contribution in [-0.4, -0.2) is 16.6 Å². The van der Waals surface area contributed by atoms with Crippen LogP contribution in [0, 0.1) is 0 Å². The summed E-state index contributed by atoms with van der Waals surface area (Å²) in [5.41, 5.74) is 0.660. The van der Waals surface area contributed by atoms with E-state index in [-0.39, 0.29) is 5.78 Å². The molecule has 0 aliphatic heterocycles. The molecule has 0 aliphatic rings. The zero-order valence-corrected chi connectivity index (χ0v) is 8.74. The Hall–Kier alpha value is -1.64. The molecule has 1 aromatic heterocycles. The van der Waals surface area contributed by atoms with Gasteiger partial charge in [0.05, 0.1) is 17.2 Å². The molecule has 3 heteroatoms. The predicted molar refractivity (Wildman–Crippen MR) is 58.8 cm³/mol. The number of carbonyl (C=O) groups is 1. The zero-order chi connectivity index (χ0) is 10.7. The van der Waals surface area contributed by atoms with Crippen molar-refractivity contribution < 1.29 is 4.79 Å². The molecule has 0 bridgehead atoms. The Morgan fingerprint density at radius 3 is 2.71 bits per heavy atom. The minimum atomic E-state index is 0.0394. The van der Waals surface area contributed by atoms with Gasteiger partial charge in [-0.1, -0.05) is 6.58 Å². The topological polar surface area (TPSA) is 34.4 Å². The Morgan fingerprint density at radius 1 is 1.64 bits per heavy atom. The number of nitrogens with zero attached hydrogens (tertiary/aromatic N) is 2. The highest BCUT2D eigenvalue weighted by atomic mass is 16.1. The molecule has 3 nitrogen and oxygen atoms in total. The molecule has 0 radical (unpaired) electrons. The number of carbonyl (C=O) groups excluding carboxylic acids is 1. The standard InChI is InChI=1S/C11H14N2O/c1-5-12-7-11-8(2)6-10(9(3)14)13(11)4/h5-7H,2H2,1,3-4H3/b11-7+,12-5?. The fourth-order valence-corrected chi connectivity index (χ4v) is 1.33. The van der Waals surface area contributed by atoms with Gasteiger partial charge >= 0.3 is 0 Å². The van der Waals surface area contributed by atoms with Crippen LogP contribution in [0.4, 0.5) is 0 Å². The van der Waals surface area contributed by atoms with E-state index >= 15 is 0 Å². The first-order valence-electron chi connectivity index (χ1n) is 4.41. The molecular formula is C11H14N2O. The van der Waals surface area contributed by atoms with Crippen molar-refractivity contribution in [2.75, 3.05) is 0 Å². The molecule has 0 N–H and O–H groups in total. The largest absolute Gasteiger partial charge is 0.340 e. The zero-order valence-electron chi connectivity index (χ0n) is 8.74. The van der Waals surface area contributed by atoms with Crippen molar-refractivity contribution in [1.29, 1.82) is 0 Å². The molecule has 0 amide bonds. The number of hydrogen-bond donors (Lipinski definition) is 0. The molecule has 1 rings (SSSR count). The first kappa shape index (κ1) is 10.4. The lowest BCUT2D eigenvalue weighted by atomic mass is 10.3. The van der Waals surface area contributed by atoms with Crippen LogP contribution in [0.5, 0.6) is 0 Å². The maximum Gasteiger partial charge on any atom is 0.176 e. The molecule has 1 aromatic rings. The summed E-state index contributed by atoms with van der Waals surface area (Å²) in [6, 6.07) is 1.78. The lowest BCUT2D eigenvalue weighted by molar-refractivity contribution is 0.101. The fourth-order valence-electron chi connectivity index (χ4n) is 1.33. The molecule has 0 atom stereocenters. The van der Waals surface area contributed by atoms with Crippen LogP contribution in [0.3, 0.4) is 0 Å². The summed E-state index contributed by atoms with van der Waals surface area (Å²) in [5, 5.41) is 1.69. The molecule has 0 aliphatic carbocycles. The molecule has 0 fully saturated rings. The van der Waals surface area contributed by atoms with Crippen molar-refractivity contribution in [2.45, 2.75) is 13.8 Å². The quantitative estimate of drug-likeness (QED) is 0.493. The van der Waals surface area contributed by atoms with Gasteiger partial charge in [-0.25, -0.2) is 0 Å². The van der Waals surface area contributed by atoms with E-state index in [1.807, 2.05) is 14.0 Å². The maximum atomic E-state index is 11.2. The van der Waals surface area contributed by atoms with Gasteiger partial charge in [-0.2, -0.15) is 0 Å². The van der Waals surface area contributed by atoms with Crippen LogP contribution in [0.2, 0.25) is 0 Å². The minimum absolute atomic E-state index is 0.0394. The Bertz CT molecular complexity index is 480. The van der Waals surface area contributed by atoms with E-state index in [0.29, 0.717) is 5.69 Å². The SMILES string of the molecule is C=c1cc(C(C)=O)n(C)/c1=C/N=CC. The van der Waals surface area contributed by atoms with Crippen LogP contribution in [0.15, 0.2) is 11.1 Å². The van der Waals surface area contributed by atoms with Gasteiger partial charge in [0.15, 0.2) is 5.78 Å². The molecule has 0 unspecified atom stereocenters. The second-order valence-electron chi connectivity index (χ2n) is 3.09. The molecule has 0 saturated heterocycles. The van der Waals surface area contributed by atoms with Gasteiger partial charge in [-0.3, -0.25) is 9.79 Å². The number of aliphatic imine (C=N–C) groups is 1. The molecular weight excluding hydrogens is 176 g/mol. The van der Waals surface area contributed by atoms with E-state index in [4.69, 9.17) is 0 Å². The van der Waals surface area contributed by atoms with Gasteiger partial charge in [0, 0.05) is 20.2 Å². The summed E-state index contributed by atoms with van der Waals surface area (Å²) in [6.45, 7) is 7.24. The van der Waals surface area contributed by atoms with E-state index in [1.54, 1.807) is 30.0 Å². The first-order valence-corrected chi connectivity index (χ1v) is 4.41. The lowest BCUT2D eigenvalue weighted by Crippen LogP contribution is -2.26. The van der Waals surface area contributed by atoms with Crippen molar-refractivity contribution in [2.24, 2.45) is 12.0 Å². The first-order chi connectivity index (χ1) is 6.57. The fraction of sp³-hybridized carbons (Fsp3) is 0.273. The molecule has 14 heavy (non-hydrogen) atoms. The van der Waals surface area contributed by atoms with E-state index in [1.165, 1.54) is 0 Å². The second-order valence-corrected chi connectivity index (χ2v) is 3.09. The van der Waals surface area contributed by atoms with Gasteiger partial charge < -0.3 is 4.57 Å². The molecule has 74 valence electrons. The summed E-state index contributed by atoms with van der Waals surface area (Å²) in [6.07, 6.45) is 3.40. The second kappa shape index (κ2) is 4.05. The van der Waals surface area contributed by atoms with Crippen LogP contribution in [0.1, 0.15) is 24.3 Å². The Balaban J connectivity index is 3.47. The van der Waals surface area contributed by atoms with Crippen LogP contribution in [-0.2, 0) is 7.05 Å². The third-order valence-corrected chi connectivity index (χ3v) is 2.07. The number of rotatable bonds is 2.